The van der Waals surface area contributed by atoms with Gasteiger partial charge in [0.2, 0.25) is 5.88 Å². The maximum atomic E-state index is 6.25. The minimum Gasteiger partial charge on any atom is -0.440 e. The zero-order chi connectivity index (χ0) is 27.9. The Labute approximate surface area is 245 Å². The molecule has 0 amide bonds. The lowest BCUT2D eigenvalue weighted by Crippen LogP contribution is -2.09. The van der Waals surface area contributed by atoms with Gasteiger partial charge in [-0.3, -0.25) is 0 Å². The van der Waals surface area contributed by atoms with Crippen molar-refractivity contribution >= 4 is 50.8 Å². The summed E-state index contributed by atoms with van der Waals surface area (Å²) in [5, 5.41) is 6.97. The molecule has 6 aromatic carbocycles. The third-order valence-electron chi connectivity index (χ3n) is 8.08. The molecule has 3 heteroatoms. The van der Waals surface area contributed by atoms with Crippen LogP contribution in [0.15, 0.2) is 150 Å². The molecule has 3 nitrogen and oxygen atoms in total. The van der Waals surface area contributed by atoms with E-state index in [4.69, 9.17) is 4.42 Å². The molecule has 7 aromatic rings. The van der Waals surface area contributed by atoms with E-state index >= 15 is 0 Å². The fourth-order valence-electron chi connectivity index (χ4n) is 5.92. The standard InChI is InChI=1S/C39H28N2O/c1-2-7-27(8-3-1)29-14-18-33(19-15-29)41(35-22-23-36-37-11-6-24-40-39(37)42-38(36)26-35)34-20-16-30(17-21-34)32-13-12-28-9-4-5-10-31(28)25-32/h1-23,25-26,40H,24H2. The molecule has 0 bridgehead atoms. The van der Waals surface area contributed by atoms with Gasteiger partial charge in [-0.1, -0.05) is 103 Å². The zero-order valence-electron chi connectivity index (χ0n) is 23.0. The van der Waals surface area contributed by atoms with E-state index in [-0.39, 0.29) is 0 Å². The predicted molar refractivity (Wildman–Crippen MR) is 177 cm³/mol. The highest BCUT2D eigenvalue weighted by molar-refractivity contribution is 5.96. The summed E-state index contributed by atoms with van der Waals surface area (Å²) in [6, 6.07) is 49.8. The Bertz CT molecular complexity index is 2070. The second-order valence-electron chi connectivity index (χ2n) is 10.7. The first-order valence-corrected chi connectivity index (χ1v) is 14.3. The summed E-state index contributed by atoms with van der Waals surface area (Å²) in [5.41, 5.74) is 10.00. The largest absolute Gasteiger partial charge is 0.440 e. The Balaban J connectivity index is 1.21. The number of rotatable bonds is 5. The van der Waals surface area contributed by atoms with Gasteiger partial charge in [0.15, 0.2) is 0 Å². The first kappa shape index (κ1) is 24.3. The molecule has 8 rings (SSSR count). The predicted octanol–water partition coefficient (Wildman–Crippen LogP) is 10.8. The van der Waals surface area contributed by atoms with Crippen molar-refractivity contribution in [2.24, 2.45) is 0 Å². The molecule has 0 saturated carbocycles. The van der Waals surface area contributed by atoms with Gasteiger partial charge in [-0.25, -0.2) is 0 Å². The van der Waals surface area contributed by atoms with E-state index in [1.54, 1.807) is 0 Å². The van der Waals surface area contributed by atoms with E-state index in [0.29, 0.717) is 0 Å². The van der Waals surface area contributed by atoms with Crippen LogP contribution < -0.4 is 10.2 Å². The monoisotopic (exact) mass is 540 g/mol. The Morgan fingerprint density at radius 3 is 1.90 bits per heavy atom. The molecule has 0 fully saturated rings. The lowest BCUT2D eigenvalue weighted by atomic mass is 10.0. The summed E-state index contributed by atoms with van der Waals surface area (Å²) in [7, 11) is 0. The van der Waals surface area contributed by atoms with Crippen LogP contribution in [0.3, 0.4) is 0 Å². The molecule has 200 valence electrons. The summed E-state index contributed by atoms with van der Waals surface area (Å²) in [6.07, 6.45) is 4.27. The number of anilines is 4. The number of furan rings is 1. The average Bonchev–Trinajstić information content (AvgIpc) is 3.44. The van der Waals surface area contributed by atoms with E-state index in [9.17, 15) is 0 Å². The Morgan fingerprint density at radius 1 is 0.524 bits per heavy atom. The van der Waals surface area contributed by atoms with E-state index in [1.807, 2.05) is 0 Å². The minimum absolute atomic E-state index is 0.781. The van der Waals surface area contributed by atoms with Gasteiger partial charge in [0.25, 0.3) is 0 Å². The fraction of sp³-hybridized carbons (Fsp3) is 0.0256. The lowest BCUT2D eigenvalue weighted by molar-refractivity contribution is 0.628. The van der Waals surface area contributed by atoms with Crippen LogP contribution in [0.25, 0.3) is 50.1 Å². The van der Waals surface area contributed by atoms with E-state index in [0.717, 1.165) is 46.0 Å². The Kier molecular flexibility index (Phi) is 5.86. The van der Waals surface area contributed by atoms with Gasteiger partial charge in [0.05, 0.1) is 0 Å². The molecule has 1 aliphatic heterocycles. The van der Waals surface area contributed by atoms with Crippen molar-refractivity contribution in [1.29, 1.82) is 0 Å². The fourth-order valence-corrected chi connectivity index (χ4v) is 5.92. The van der Waals surface area contributed by atoms with Gasteiger partial charge in [-0.15, -0.1) is 0 Å². The van der Waals surface area contributed by atoms with Gasteiger partial charge >= 0.3 is 0 Å². The quantitative estimate of drug-likeness (QED) is 0.235. The summed E-state index contributed by atoms with van der Waals surface area (Å²) < 4.78 is 6.25. The zero-order valence-corrected chi connectivity index (χ0v) is 23.0. The number of nitrogens with zero attached hydrogens (tertiary/aromatic N) is 1. The van der Waals surface area contributed by atoms with Gasteiger partial charge in [0.1, 0.15) is 5.58 Å². The Hall–Kier alpha value is -5.54. The molecule has 0 saturated heterocycles. The molecule has 42 heavy (non-hydrogen) atoms. The van der Waals surface area contributed by atoms with Gasteiger partial charge in [-0.2, -0.15) is 0 Å². The number of fused-ring (bicyclic) bond motifs is 4. The van der Waals surface area contributed by atoms with Crippen molar-refractivity contribution in [3.8, 4) is 22.3 Å². The maximum Gasteiger partial charge on any atom is 0.201 e. The highest BCUT2D eigenvalue weighted by Gasteiger charge is 2.18. The highest BCUT2D eigenvalue weighted by atomic mass is 16.3. The molecule has 1 aliphatic rings. The second-order valence-corrected chi connectivity index (χ2v) is 10.7. The summed E-state index contributed by atoms with van der Waals surface area (Å²) in [6.45, 7) is 0.781. The number of hydrogen-bond donors (Lipinski definition) is 1. The van der Waals surface area contributed by atoms with Gasteiger partial charge < -0.3 is 14.6 Å². The number of benzene rings is 6. The third-order valence-corrected chi connectivity index (χ3v) is 8.08. The van der Waals surface area contributed by atoms with Crippen LogP contribution in [-0.2, 0) is 0 Å². The summed E-state index contributed by atoms with van der Waals surface area (Å²) in [5.74, 6) is 0.836. The Morgan fingerprint density at radius 2 is 1.14 bits per heavy atom. The van der Waals surface area contributed by atoms with E-state index in [1.165, 1.54) is 33.0 Å². The van der Waals surface area contributed by atoms with Gasteiger partial charge in [-0.05, 0) is 75.5 Å². The van der Waals surface area contributed by atoms with Crippen molar-refractivity contribution in [2.75, 3.05) is 16.8 Å². The molecule has 0 unspecified atom stereocenters. The molecule has 0 atom stereocenters. The van der Waals surface area contributed by atoms with Crippen molar-refractivity contribution in [1.82, 2.24) is 0 Å². The van der Waals surface area contributed by atoms with E-state index in [2.05, 4.69) is 162 Å². The molecular weight excluding hydrogens is 512 g/mol. The molecule has 0 spiro atoms. The molecule has 0 radical (unpaired) electrons. The number of hydrogen-bond acceptors (Lipinski definition) is 3. The van der Waals surface area contributed by atoms with Crippen molar-refractivity contribution in [3.63, 3.8) is 0 Å². The maximum absolute atomic E-state index is 6.25. The first-order valence-electron chi connectivity index (χ1n) is 14.3. The lowest BCUT2D eigenvalue weighted by Gasteiger charge is -2.26. The van der Waals surface area contributed by atoms with Crippen LogP contribution in [0.2, 0.25) is 0 Å². The minimum atomic E-state index is 0.781. The van der Waals surface area contributed by atoms with Crippen molar-refractivity contribution < 1.29 is 4.42 Å². The number of nitrogens with one attached hydrogen (secondary N) is 1. The molecule has 1 N–H and O–H groups in total. The van der Waals surface area contributed by atoms with Crippen molar-refractivity contribution in [2.45, 2.75) is 0 Å². The van der Waals surface area contributed by atoms with Crippen LogP contribution in [0, 0.1) is 0 Å². The molecular formula is C39H28N2O. The van der Waals surface area contributed by atoms with Crippen LogP contribution in [0.1, 0.15) is 5.56 Å². The molecule has 0 aliphatic carbocycles. The summed E-state index contributed by atoms with van der Waals surface area (Å²) in [4.78, 5) is 2.29. The molecule has 2 heterocycles. The van der Waals surface area contributed by atoms with Crippen LogP contribution >= 0.6 is 0 Å². The van der Waals surface area contributed by atoms with Crippen molar-refractivity contribution in [3.05, 3.63) is 151 Å². The average molecular weight is 541 g/mol. The second kappa shape index (κ2) is 10.1. The highest BCUT2D eigenvalue weighted by Crippen LogP contribution is 2.41. The normalized spacial score (nSPS) is 12.3. The van der Waals surface area contributed by atoms with E-state index < -0.39 is 0 Å². The smallest absolute Gasteiger partial charge is 0.201 e. The summed E-state index contributed by atoms with van der Waals surface area (Å²) >= 11 is 0. The topological polar surface area (TPSA) is 28.4 Å². The SMILES string of the molecule is C1=Cc2c(oc3cc(N(c4ccc(-c5ccccc5)cc4)c4ccc(-c5ccc6ccccc6c5)cc4)ccc23)NC1. The first-order chi connectivity index (χ1) is 20.8. The third kappa shape index (κ3) is 4.32. The van der Waals surface area contributed by atoms with Crippen LogP contribution in [0.5, 0.6) is 0 Å². The molecule has 1 aromatic heterocycles. The van der Waals surface area contributed by atoms with Gasteiger partial charge in [0, 0.05) is 40.6 Å². The van der Waals surface area contributed by atoms with Crippen LogP contribution in [-0.4, -0.2) is 6.54 Å². The van der Waals surface area contributed by atoms with Crippen LogP contribution in [0.4, 0.5) is 22.9 Å².